The summed E-state index contributed by atoms with van der Waals surface area (Å²) in [6.45, 7) is 7.48. The van der Waals surface area contributed by atoms with Gasteiger partial charge in [0, 0.05) is 29.4 Å². The second-order valence-electron chi connectivity index (χ2n) is 10.1. The Hall–Kier alpha value is -3.36. The van der Waals surface area contributed by atoms with E-state index in [1.807, 2.05) is 18.2 Å². The average Bonchev–Trinajstić information content (AvgIpc) is 3.22. The van der Waals surface area contributed by atoms with Crippen molar-refractivity contribution < 1.29 is 14.3 Å². The molecule has 9 heteroatoms. The van der Waals surface area contributed by atoms with Gasteiger partial charge in [0.05, 0.1) is 29.0 Å². The molecule has 0 N–H and O–H groups in total. The lowest BCUT2D eigenvalue weighted by Gasteiger charge is -2.28. The van der Waals surface area contributed by atoms with Crippen molar-refractivity contribution in [2.24, 2.45) is 4.99 Å². The SMILES string of the molecule is COc1ccc(Cl)cc1[C@@H]1C(C(=O)OC(C)C)=C(C)N=c2s/c(=C\c3ccc(N4CCCCC4)cc3)c(=O)n21. The van der Waals surface area contributed by atoms with Crippen molar-refractivity contribution in [1.29, 1.82) is 0 Å². The number of anilines is 1. The zero-order chi connectivity index (χ0) is 27.7. The number of hydrogen-bond acceptors (Lipinski definition) is 7. The highest BCUT2D eigenvalue weighted by atomic mass is 35.5. The number of hydrogen-bond donors (Lipinski definition) is 0. The standard InChI is InChI=1S/C30H32ClN3O4S/c1-18(2)38-29(36)26-19(3)32-30-34(27(26)23-17-21(31)10-13-24(23)37-4)28(35)25(39-30)16-20-8-11-22(12-9-20)33-14-6-5-7-15-33/h8-13,16-18,27H,5-7,14-15H2,1-4H3/b25-16-/t27-/m1/s1. The molecular weight excluding hydrogens is 534 g/mol. The fourth-order valence-electron chi connectivity index (χ4n) is 5.16. The Balaban J connectivity index is 1.63. The smallest absolute Gasteiger partial charge is 0.338 e. The molecule has 1 aromatic heterocycles. The first kappa shape index (κ1) is 27.2. The van der Waals surface area contributed by atoms with Crippen LogP contribution in [-0.2, 0) is 9.53 Å². The van der Waals surface area contributed by atoms with Gasteiger partial charge in [0.25, 0.3) is 5.56 Å². The molecule has 0 aliphatic carbocycles. The van der Waals surface area contributed by atoms with Gasteiger partial charge in [-0.3, -0.25) is 9.36 Å². The number of rotatable bonds is 6. The van der Waals surface area contributed by atoms with Crippen LogP contribution in [0.3, 0.4) is 0 Å². The summed E-state index contributed by atoms with van der Waals surface area (Å²) in [5.74, 6) is -0.0160. The third-order valence-electron chi connectivity index (χ3n) is 6.98. The van der Waals surface area contributed by atoms with Gasteiger partial charge in [-0.1, -0.05) is 35.1 Å². The zero-order valence-electron chi connectivity index (χ0n) is 22.6. The molecule has 39 heavy (non-hydrogen) atoms. The van der Waals surface area contributed by atoms with Crippen LogP contribution in [0.25, 0.3) is 6.08 Å². The Morgan fingerprint density at radius 3 is 2.51 bits per heavy atom. The van der Waals surface area contributed by atoms with Crippen molar-refractivity contribution in [3.8, 4) is 5.75 Å². The summed E-state index contributed by atoms with van der Waals surface area (Å²) in [7, 11) is 1.55. The fraction of sp³-hybridized carbons (Fsp3) is 0.367. The van der Waals surface area contributed by atoms with Gasteiger partial charge in [-0.15, -0.1) is 0 Å². The second-order valence-corrected chi connectivity index (χ2v) is 11.5. The van der Waals surface area contributed by atoms with Crippen LogP contribution in [0.1, 0.15) is 57.2 Å². The van der Waals surface area contributed by atoms with Gasteiger partial charge in [0.2, 0.25) is 0 Å². The quantitative estimate of drug-likeness (QED) is 0.400. The molecule has 0 unspecified atom stereocenters. The summed E-state index contributed by atoms with van der Waals surface area (Å²) >= 11 is 7.68. The lowest BCUT2D eigenvalue weighted by Crippen LogP contribution is -2.40. The molecule has 5 rings (SSSR count). The number of aromatic nitrogens is 1. The number of ether oxygens (including phenoxy) is 2. The highest BCUT2D eigenvalue weighted by molar-refractivity contribution is 7.07. The van der Waals surface area contributed by atoms with E-state index >= 15 is 0 Å². The molecule has 1 atom stereocenters. The number of piperidine rings is 1. The molecule has 2 aliphatic rings. The van der Waals surface area contributed by atoms with Crippen LogP contribution >= 0.6 is 22.9 Å². The second kappa shape index (κ2) is 11.4. The molecule has 0 saturated carbocycles. The summed E-state index contributed by atoms with van der Waals surface area (Å²) < 4.78 is 13.3. The third kappa shape index (κ3) is 5.54. The first-order valence-electron chi connectivity index (χ1n) is 13.2. The van der Waals surface area contributed by atoms with Crippen molar-refractivity contribution in [3.63, 3.8) is 0 Å². The van der Waals surface area contributed by atoms with Crippen molar-refractivity contribution in [2.75, 3.05) is 25.1 Å². The lowest BCUT2D eigenvalue weighted by atomic mass is 9.95. The Bertz CT molecular complexity index is 1600. The maximum absolute atomic E-state index is 13.9. The molecule has 0 amide bonds. The van der Waals surface area contributed by atoms with Crippen molar-refractivity contribution in [1.82, 2.24) is 4.57 Å². The Labute approximate surface area is 236 Å². The molecule has 204 valence electrons. The molecular formula is C30H32ClN3O4S. The summed E-state index contributed by atoms with van der Waals surface area (Å²) in [4.78, 5) is 34.8. The number of carbonyl (C=O) groups is 1. The molecule has 7 nitrogen and oxygen atoms in total. The van der Waals surface area contributed by atoms with Gasteiger partial charge < -0.3 is 14.4 Å². The summed E-state index contributed by atoms with van der Waals surface area (Å²) in [5.41, 5.74) is 3.25. The van der Waals surface area contributed by atoms with E-state index in [-0.39, 0.29) is 17.2 Å². The number of esters is 1. The molecule has 0 bridgehead atoms. The van der Waals surface area contributed by atoms with Crippen molar-refractivity contribution in [3.05, 3.63) is 89.6 Å². The van der Waals surface area contributed by atoms with Gasteiger partial charge >= 0.3 is 5.97 Å². The summed E-state index contributed by atoms with van der Waals surface area (Å²) in [5, 5.41) is 0.466. The van der Waals surface area contributed by atoms with Crippen LogP contribution in [0.4, 0.5) is 5.69 Å². The van der Waals surface area contributed by atoms with Gasteiger partial charge in [0.1, 0.15) is 11.8 Å². The first-order valence-corrected chi connectivity index (χ1v) is 14.4. The molecule has 2 aromatic carbocycles. The number of thiazole rings is 1. The number of methoxy groups -OCH3 is 1. The van der Waals surface area contributed by atoms with E-state index in [1.54, 1.807) is 50.6 Å². The van der Waals surface area contributed by atoms with Gasteiger partial charge in [-0.2, -0.15) is 0 Å². The van der Waals surface area contributed by atoms with Gasteiger partial charge in [0.15, 0.2) is 4.80 Å². The predicted molar refractivity (Wildman–Crippen MR) is 156 cm³/mol. The summed E-state index contributed by atoms with van der Waals surface area (Å²) in [6.07, 6.45) is 5.26. The van der Waals surface area contributed by atoms with E-state index in [2.05, 4.69) is 22.0 Å². The van der Waals surface area contributed by atoms with Gasteiger partial charge in [-0.25, -0.2) is 9.79 Å². The highest BCUT2D eigenvalue weighted by Gasteiger charge is 2.35. The van der Waals surface area contributed by atoms with E-state index in [1.165, 1.54) is 36.3 Å². The maximum Gasteiger partial charge on any atom is 0.338 e. The number of benzene rings is 2. The topological polar surface area (TPSA) is 73.1 Å². The third-order valence-corrected chi connectivity index (χ3v) is 8.20. The number of allylic oxidation sites excluding steroid dienone is 1. The minimum atomic E-state index is -0.801. The zero-order valence-corrected chi connectivity index (χ0v) is 24.1. The largest absolute Gasteiger partial charge is 0.496 e. The minimum absolute atomic E-state index is 0.242. The fourth-order valence-corrected chi connectivity index (χ4v) is 6.39. The summed E-state index contributed by atoms with van der Waals surface area (Å²) in [6, 6.07) is 12.7. The number of nitrogens with zero attached hydrogens (tertiary/aromatic N) is 3. The number of fused-ring (bicyclic) bond motifs is 1. The van der Waals surface area contributed by atoms with Crippen molar-refractivity contribution >= 4 is 40.7 Å². The molecule has 3 heterocycles. The highest BCUT2D eigenvalue weighted by Crippen LogP contribution is 2.37. The molecule has 0 radical (unpaired) electrons. The molecule has 1 saturated heterocycles. The normalized spacial score (nSPS) is 17.7. The number of carbonyl (C=O) groups excluding carboxylic acids is 1. The van der Waals surface area contributed by atoms with Gasteiger partial charge in [-0.05, 0) is 82.0 Å². The first-order chi connectivity index (χ1) is 18.8. The Morgan fingerprint density at radius 2 is 1.85 bits per heavy atom. The van der Waals surface area contributed by atoms with Crippen LogP contribution in [0, 0.1) is 0 Å². The van der Waals surface area contributed by atoms with E-state index in [0.29, 0.717) is 31.4 Å². The Morgan fingerprint density at radius 1 is 1.13 bits per heavy atom. The van der Waals surface area contributed by atoms with Crippen molar-refractivity contribution in [2.45, 2.75) is 52.2 Å². The minimum Gasteiger partial charge on any atom is -0.496 e. The van der Waals surface area contributed by atoms with E-state index in [0.717, 1.165) is 18.7 Å². The predicted octanol–water partition coefficient (Wildman–Crippen LogP) is 4.84. The molecule has 1 fully saturated rings. The molecule has 0 spiro atoms. The van der Waals surface area contributed by atoms with Crippen LogP contribution < -0.4 is 24.5 Å². The van der Waals surface area contributed by atoms with E-state index < -0.39 is 12.0 Å². The van der Waals surface area contributed by atoms with Crippen LogP contribution in [-0.4, -0.2) is 36.8 Å². The average molecular weight is 566 g/mol. The maximum atomic E-state index is 13.9. The molecule has 2 aliphatic heterocycles. The molecule has 3 aromatic rings. The van der Waals surface area contributed by atoms with Crippen LogP contribution in [0.15, 0.2) is 63.5 Å². The van der Waals surface area contributed by atoms with Crippen LogP contribution in [0.5, 0.6) is 5.75 Å². The van der Waals surface area contributed by atoms with Crippen LogP contribution in [0.2, 0.25) is 5.02 Å². The lowest BCUT2D eigenvalue weighted by molar-refractivity contribution is -0.143. The monoisotopic (exact) mass is 565 g/mol. The van der Waals surface area contributed by atoms with E-state index in [9.17, 15) is 9.59 Å². The van der Waals surface area contributed by atoms with E-state index in [4.69, 9.17) is 21.1 Å². The Kier molecular flexibility index (Phi) is 7.96. The number of halogens is 1.